The zero-order valence-corrected chi connectivity index (χ0v) is 9.99. The Morgan fingerprint density at radius 1 is 1.69 bits per heavy atom. The summed E-state index contributed by atoms with van der Waals surface area (Å²) in [6.07, 6.45) is 1.88. The normalized spacial score (nSPS) is 25.8. The minimum Gasteiger partial charge on any atom is -0.348 e. The van der Waals surface area contributed by atoms with E-state index in [4.69, 9.17) is 9.47 Å². The van der Waals surface area contributed by atoms with Crippen molar-refractivity contribution in [1.82, 2.24) is 15.5 Å². The van der Waals surface area contributed by atoms with Crippen LogP contribution in [0.5, 0.6) is 0 Å². The van der Waals surface area contributed by atoms with E-state index in [-0.39, 0.29) is 12.1 Å². The van der Waals surface area contributed by atoms with Crippen molar-refractivity contribution >= 4 is 0 Å². The van der Waals surface area contributed by atoms with E-state index < -0.39 is 5.79 Å². The molecular weight excluding hydrogens is 206 g/mol. The maximum Gasteiger partial charge on any atom is 0.163 e. The lowest BCUT2D eigenvalue weighted by Gasteiger charge is -2.18. The lowest BCUT2D eigenvalue weighted by molar-refractivity contribution is -0.137. The van der Waals surface area contributed by atoms with E-state index in [1.54, 1.807) is 6.20 Å². The maximum absolute atomic E-state index is 5.71. The van der Waals surface area contributed by atoms with Crippen molar-refractivity contribution in [3.05, 3.63) is 18.0 Å². The summed E-state index contributed by atoms with van der Waals surface area (Å²) in [5.74, 6) is -0.441. The number of hydrogen-bond donors (Lipinski definition) is 2. The Balaban J connectivity index is 1.76. The molecule has 0 bridgehead atoms. The van der Waals surface area contributed by atoms with Gasteiger partial charge in [0.1, 0.15) is 0 Å². The average Bonchev–Trinajstić information content (AvgIpc) is 2.83. The van der Waals surface area contributed by atoms with Crippen molar-refractivity contribution in [3.8, 4) is 0 Å². The van der Waals surface area contributed by atoms with E-state index in [9.17, 15) is 0 Å². The van der Waals surface area contributed by atoms with Gasteiger partial charge in [-0.25, -0.2) is 0 Å². The Morgan fingerprint density at radius 2 is 2.50 bits per heavy atom. The summed E-state index contributed by atoms with van der Waals surface area (Å²) >= 11 is 0. The predicted octanol–water partition coefficient (Wildman–Crippen LogP) is 1.21. The highest BCUT2D eigenvalue weighted by atomic mass is 16.7. The Hall–Kier alpha value is -0.910. The summed E-state index contributed by atoms with van der Waals surface area (Å²) in [5, 5.41) is 10.3. The summed E-state index contributed by atoms with van der Waals surface area (Å²) in [7, 11) is 0. The minimum atomic E-state index is -0.441. The Bertz CT molecular complexity index is 324. The van der Waals surface area contributed by atoms with Crippen LogP contribution in [-0.2, 0) is 9.47 Å². The van der Waals surface area contributed by atoms with Gasteiger partial charge in [0, 0.05) is 18.8 Å². The minimum absolute atomic E-state index is 0.125. The van der Waals surface area contributed by atoms with Crippen LogP contribution in [0.3, 0.4) is 0 Å². The number of nitrogens with zero attached hydrogens (tertiary/aromatic N) is 1. The number of nitrogens with one attached hydrogen (secondary N) is 2. The number of aromatic amines is 1. The predicted molar refractivity (Wildman–Crippen MR) is 59.9 cm³/mol. The van der Waals surface area contributed by atoms with Crippen molar-refractivity contribution in [3.63, 3.8) is 0 Å². The first-order chi connectivity index (χ1) is 7.57. The SMILES string of the molecule is CC(NCC1COC(C)(C)O1)c1ccn[nH]1. The van der Waals surface area contributed by atoms with Gasteiger partial charge in [-0.2, -0.15) is 5.10 Å². The van der Waals surface area contributed by atoms with E-state index in [1.165, 1.54) is 0 Å². The molecule has 5 heteroatoms. The van der Waals surface area contributed by atoms with Crippen LogP contribution in [0.15, 0.2) is 12.3 Å². The molecule has 2 heterocycles. The summed E-state index contributed by atoms with van der Waals surface area (Å²) in [4.78, 5) is 0. The molecule has 0 aromatic carbocycles. The van der Waals surface area contributed by atoms with Gasteiger partial charge in [0.2, 0.25) is 0 Å². The van der Waals surface area contributed by atoms with Gasteiger partial charge in [-0.1, -0.05) is 0 Å². The van der Waals surface area contributed by atoms with Crippen molar-refractivity contribution in [2.45, 2.75) is 38.7 Å². The molecule has 1 aromatic rings. The molecule has 1 saturated heterocycles. The Kier molecular flexibility index (Phi) is 3.28. The molecule has 2 N–H and O–H groups in total. The molecule has 1 aliphatic heterocycles. The number of ether oxygens (including phenoxy) is 2. The summed E-state index contributed by atoms with van der Waals surface area (Å²) in [6, 6.07) is 2.21. The summed E-state index contributed by atoms with van der Waals surface area (Å²) < 4.78 is 11.2. The molecule has 0 amide bonds. The lowest BCUT2D eigenvalue weighted by atomic mass is 10.2. The van der Waals surface area contributed by atoms with Gasteiger partial charge >= 0.3 is 0 Å². The second-order valence-corrected chi connectivity index (χ2v) is 4.59. The number of rotatable bonds is 4. The molecule has 1 aromatic heterocycles. The fraction of sp³-hybridized carbons (Fsp3) is 0.727. The van der Waals surface area contributed by atoms with Crippen LogP contribution in [0.25, 0.3) is 0 Å². The first-order valence-electron chi connectivity index (χ1n) is 5.61. The third kappa shape index (κ3) is 2.81. The fourth-order valence-electron chi connectivity index (χ4n) is 1.79. The highest BCUT2D eigenvalue weighted by molar-refractivity contribution is 5.02. The Morgan fingerprint density at radius 3 is 3.06 bits per heavy atom. The van der Waals surface area contributed by atoms with Crippen molar-refractivity contribution in [2.75, 3.05) is 13.2 Å². The van der Waals surface area contributed by atoms with Gasteiger partial charge in [-0.05, 0) is 26.8 Å². The lowest BCUT2D eigenvalue weighted by Crippen LogP contribution is -2.32. The number of aromatic nitrogens is 2. The van der Waals surface area contributed by atoms with Gasteiger partial charge in [-0.15, -0.1) is 0 Å². The zero-order valence-electron chi connectivity index (χ0n) is 9.99. The number of hydrogen-bond acceptors (Lipinski definition) is 4. The van der Waals surface area contributed by atoms with Crippen molar-refractivity contribution in [1.29, 1.82) is 0 Å². The molecule has 0 radical (unpaired) electrons. The third-order valence-corrected chi connectivity index (χ3v) is 2.71. The molecule has 90 valence electrons. The summed E-state index contributed by atoms with van der Waals surface area (Å²) in [5.41, 5.74) is 1.08. The molecule has 2 atom stereocenters. The maximum atomic E-state index is 5.71. The van der Waals surface area contributed by atoms with Crippen LogP contribution < -0.4 is 5.32 Å². The third-order valence-electron chi connectivity index (χ3n) is 2.71. The molecule has 2 unspecified atom stereocenters. The topological polar surface area (TPSA) is 59.2 Å². The first kappa shape index (κ1) is 11.6. The van der Waals surface area contributed by atoms with Crippen LogP contribution in [0.2, 0.25) is 0 Å². The monoisotopic (exact) mass is 225 g/mol. The largest absolute Gasteiger partial charge is 0.348 e. The zero-order chi connectivity index (χ0) is 11.6. The van der Waals surface area contributed by atoms with Gasteiger partial charge in [0.25, 0.3) is 0 Å². The van der Waals surface area contributed by atoms with Crippen LogP contribution in [0, 0.1) is 0 Å². The van der Waals surface area contributed by atoms with E-state index in [0.29, 0.717) is 6.61 Å². The second kappa shape index (κ2) is 4.53. The molecule has 16 heavy (non-hydrogen) atoms. The van der Waals surface area contributed by atoms with E-state index in [0.717, 1.165) is 12.2 Å². The van der Waals surface area contributed by atoms with Gasteiger partial charge in [0.15, 0.2) is 5.79 Å². The van der Waals surface area contributed by atoms with Crippen LogP contribution in [0.4, 0.5) is 0 Å². The second-order valence-electron chi connectivity index (χ2n) is 4.59. The van der Waals surface area contributed by atoms with Crippen molar-refractivity contribution in [2.24, 2.45) is 0 Å². The van der Waals surface area contributed by atoms with Crippen LogP contribution in [0.1, 0.15) is 32.5 Å². The molecule has 0 aliphatic carbocycles. The molecule has 2 rings (SSSR count). The molecule has 1 fully saturated rings. The van der Waals surface area contributed by atoms with Gasteiger partial charge in [0.05, 0.1) is 18.4 Å². The number of H-pyrrole nitrogens is 1. The summed E-state index contributed by atoms with van der Waals surface area (Å²) in [6.45, 7) is 7.39. The fourth-order valence-corrected chi connectivity index (χ4v) is 1.79. The molecule has 5 nitrogen and oxygen atoms in total. The Labute approximate surface area is 95.5 Å². The highest BCUT2D eigenvalue weighted by Gasteiger charge is 2.32. The quantitative estimate of drug-likeness (QED) is 0.808. The van der Waals surface area contributed by atoms with E-state index in [2.05, 4.69) is 22.4 Å². The molecule has 0 saturated carbocycles. The standard InChI is InChI=1S/C11H19N3O2/c1-8(10-4-5-13-14-10)12-6-9-7-15-11(2,3)16-9/h4-5,8-9,12H,6-7H2,1-3H3,(H,13,14). The van der Waals surface area contributed by atoms with Gasteiger partial charge in [-0.3, -0.25) is 5.10 Å². The first-order valence-corrected chi connectivity index (χ1v) is 5.61. The van der Waals surface area contributed by atoms with Crippen LogP contribution >= 0.6 is 0 Å². The molecular formula is C11H19N3O2. The van der Waals surface area contributed by atoms with Crippen molar-refractivity contribution < 1.29 is 9.47 Å². The van der Waals surface area contributed by atoms with Crippen LogP contribution in [-0.4, -0.2) is 35.2 Å². The van der Waals surface area contributed by atoms with E-state index in [1.807, 2.05) is 19.9 Å². The smallest absolute Gasteiger partial charge is 0.163 e. The van der Waals surface area contributed by atoms with E-state index >= 15 is 0 Å². The average molecular weight is 225 g/mol. The molecule has 1 aliphatic rings. The molecule has 0 spiro atoms. The van der Waals surface area contributed by atoms with Gasteiger partial charge < -0.3 is 14.8 Å². The highest BCUT2D eigenvalue weighted by Crippen LogP contribution is 2.22.